The van der Waals surface area contributed by atoms with Crippen LogP contribution in [0.4, 0.5) is 0 Å². The number of carboxylic acids is 1. The number of benzene rings is 1. The van der Waals surface area contributed by atoms with Crippen LogP contribution in [0, 0.1) is 0 Å². The second-order valence-electron chi connectivity index (χ2n) is 2.88. The molecule has 1 aromatic rings. The van der Waals surface area contributed by atoms with Crippen LogP contribution in [0.1, 0.15) is 11.5 Å². The normalized spacial score (nSPS) is 19.3. The van der Waals surface area contributed by atoms with Gasteiger partial charge in [0.15, 0.2) is 0 Å². The van der Waals surface area contributed by atoms with Crippen molar-refractivity contribution in [3.8, 4) is 5.75 Å². The largest absolute Gasteiger partial charge is 0.492 e. The number of fused-ring (bicyclic) bond motifs is 1. The van der Waals surface area contributed by atoms with Crippen molar-refractivity contribution in [1.29, 1.82) is 0 Å². The first-order valence-electron chi connectivity index (χ1n) is 3.83. The van der Waals surface area contributed by atoms with Crippen LogP contribution in [-0.4, -0.2) is 17.7 Å². The van der Waals surface area contributed by atoms with Gasteiger partial charge in [-0.1, -0.05) is 15.9 Å². The van der Waals surface area contributed by atoms with Gasteiger partial charge in [0.05, 0.1) is 0 Å². The maximum atomic E-state index is 10.8. The lowest BCUT2D eigenvalue weighted by molar-refractivity contribution is -0.138. The van der Waals surface area contributed by atoms with Gasteiger partial charge in [-0.15, -0.1) is 0 Å². The number of aliphatic carboxylic acids is 1. The molecule has 1 aromatic carbocycles. The van der Waals surface area contributed by atoms with Gasteiger partial charge in [-0.3, -0.25) is 4.79 Å². The van der Waals surface area contributed by atoms with E-state index in [1.54, 1.807) is 12.1 Å². The standard InChI is InChI=1S/C9H7BrO3/c10-5-1-2-8-6(3-5)7(4-13-8)9(11)12/h1-3,7H,4H2,(H,11,12)/t7-/m1/s1. The third-order valence-corrected chi connectivity index (χ3v) is 2.54. The highest BCUT2D eigenvalue weighted by Gasteiger charge is 2.29. The van der Waals surface area contributed by atoms with Crippen molar-refractivity contribution in [1.82, 2.24) is 0 Å². The highest BCUT2D eigenvalue weighted by Crippen LogP contribution is 2.35. The lowest BCUT2D eigenvalue weighted by Crippen LogP contribution is -2.12. The Labute approximate surface area is 83.5 Å². The summed E-state index contributed by atoms with van der Waals surface area (Å²) in [6, 6.07) is 5.41. The number of carbonyl (C=O) groups is 1. The third-order valence-electron chi connectivity index (χ3n) is 2.05. The van der Waals surface area contributed by atoms with Crippen LogP contribution in [0.3, 0.4) is 0 Å². The molecule has 4 heteroatoms. The number of hydrogen-bond donors (Lipinski definition) is 1. The zero-order valence-corrected chi connectivity index (χ0v) is 8.24. The van der Waals surface area contributed by atoms with E-state index in [-0.39, 0.29) is 6.61 Å². The van der Waals surface area contributed by atoms with E-state index in [0.29, 0.717) is 5.75 Å². The van der Waals surface area contributed by atoms with Gasteiger partial charge in [-0.25, -0.2) is 0 Å². The van der Waals surface area contributed by atoms with Crippen molar-refractivity contribution in [2.75, 3.05) is 6.61 Å². The number of carboxylic acid groups (broad SMARTS) is 1. The molecule has 0 saturated carbocycles. The van der Waals surface area contributed by atoms with Gasteiger partial charge in [-0.2, -0.15) is 0 Å². The van der Waals surface area contributed by atoms with Gasteiger partial charge in [0.25, 0.3) is 0 Å². The minimum absolute atomic E-state index is 0.237. The number of ether oxygens (including phenoxy) is 1. The number of hydrogen-bond acceptors (Lipinski definition) is 2. The fourth-order valence-electron chi connectivity index (χ4n) is 1.39. The zero-order valence-electron chi connectivity index (χ0n) is 6.66. The molecule has 1 N–H and O–H groups in total. The smallest absolute Gasteiger partial charge is 0.314 e. The average Bonchev–Trinajstić information content (AvgIpc) is 2.46. The van der Waals surface area contributed by atoms with E-state index in [4.69, 9.17) is 9.84 Å². The topological polar surface area (TPSA) is 46.5 Å². The maximum Gasteiger partial charge on any atom is 0.314 e. The second-order valence-corrected chi connectivity index (χ2v) is 3.80. The summed E-state index contributed by atoms with van der Waals surface area (Å²) >= 11 is 3.29. The Morgan fingerprint density at radius 2 is 2.38 bits per heavy atom. The van der Waals surface area contributed by atoms with Crippen LogP contribution in [-0.2, 0) is 4.79 Å². The summed E-state index contributed by atoms with van der Waals surface area (Å²) in [6.07, 6.45) is 0. The maximum absolute atomic E-state index is 10.8. The van der Waals surface area contributed by atoms with E-state index in [1.165, 1.54) is 0 Å². The summed E-state index contributed by atoms with van der Waals surface area (Å²) in [7, 11) is 0. The lowest BCUT2D eigenvalue weighted by Gasteiger charge is -2.01. The first kappa shape index (κ1) is 8.56. The fraction of sp³-hybridized carbons (Fsp3) is 0.222. The first-order valence-corrected chi connectivity index (χ1v) is 4.63. The minimum Gasteiger partial charge on any atom is -0.492 e. The monoisotopic (exact) mass is 242 g/mol. The molecule has 0 bridgehead atoms. The van der Waals surface area contributed by atoms with Crippen LogP contribution in [0.15, 0.2) is 22.7 Å². The number of halogens is 1. The minimum atomic E-state index is -0.836. The summed E-state index contributed by atoms with van der Waals surface area (Å²) in [4.78, 5) is 10.8. The van der Waals surface area contributed by atoms with E-state index in [2.05, 4.69) is 15.9 Å². The lowest BCUT2D eigenvalue weighted by atomic mass is 10.0. The quantitative estimate of drug-likeness (QED) is 0.820. The molecule has 3 nitrogen and oxygen atoms in total. The Kier molecular flexibility index (Phi) is 2.00. The molecule has 2 rings (SSSR count). The van der Waals surface area contributed by atoms with E-state index < -0.39 is 11.9 Å². The van der Waals surface area contributed by atoms with Crippen molar-refractivity contribution in [2.45, 2.75) is 5.92 Å². The van der Waals surface area contributed by atoms with Gasteiger partial charge in [-0.05, 0) is 18.2 Å². The molecule has 1 aliphatic rings. The summed E-state index contributed by atoms with van der Waals surface area (Å²) in [5.74, 6) is -0.681. The number of rotatable bonds is 1. The highest BCUT2D eigenvalue weighted by atomic mass is 79.9. The Bertz CT molecular complexity index is 362. The molecule has 0 amide bonds. The first-order chi connectivity index (χ1) is 6.18. The molecule has 0 aliphatic carbocycles. The summed E-state index contributed by atoms with van der Waals surface area (Å²) in [5, 5.41) is 8.86. The molecule has 0 unspecified atom stereocenters. The summed E-state index contributed by atoms with van der Waals surface area (Å²) < 4.78 is 6.10. The molecular weight excluding hydrogens is 236 g/mol. The summed E-state index contributed by atoms with van der Waals surface area (Å²) in [5.41, 5.74) is 0.752. The van der Waals surface area contributed by atoms with Gasteiger partial charge < -0.3 is 9.84 Å². The van der Waals surface area contributed by atoms with E-state index in [0.717, 1.165) is 10.0 Å². The molecular formula is C9H7BrO3. The molecule has 0 aromatic heterocycles. The van der Waals surface area contributed by atoms with Gasteiger partial charge >= 0.3 is 5.97 Å². The van der Waals surface area contributed by atoms with E-state index in [9.17, 15) is 4.79 Å². The summed E-state index contributed by atoms with van der Waals surface area (Å²) in [6.45, 7) is 0.237. The molecule has 0 fully saturated rings. The molecule has 0 radical (unpaired) electrons. The SMILES string of the molecule is O=C(O)[C@@H]1COc2ccc(Br)cc21. The molecule has 0 spiro atoms. The van der Waals surface area contributed by atoms with E-state index >= 15 is 0 Å². The highest BCUT2D eigenvalue weighted by molar-refractivity contribution is 9.10. The van der Waals surface area contributed by atoms with Crippen molar-refractivity contribution in [3.05, 3.63) is 28.2 Å². The molecule has 1 heterocycles. The predicted octanol–water partition coefficient (Wildman–Crippen LogP) is 2.01. The van der Waals surface area contributed by atoms with Crippen LogP contribution in [0.2, 0.25) is 0 Å². The van der Waals surface area contributed by atoms with Gasteiger partial charge in [0.2, 0.25) is 0 Å². The van der Waals surface area contributed by atoms with Gasteiger partial charge in [0.1, 0.15) is 18.3 Å². The molecule has 1 atom stereocenters. The van der Waals surface area contributed by atoms with Gasteiger partial charge in [0, 0.05) is 10.0 Å². The molecule has 13 heavy (non-hydrogen) atoms. The van der Waals surface area contributed by atoms with Crippen molar-refractivity contribution in [3.63, 3.8) is 0 Å². The molecule has 1 aliphatic heterocycles. The average molecular weight is 243 g/mol. The van der Waals surface area contributed by atoms with Crippen LogP contribution in [0.25, 0.3) is 0 Å². The molecule has 68 valence electrons. The van der Waals surface area contributed by atoms with Crippen molar-refractivity contribution < 1.29 is 14.6 Å². The Balaban J connectivity index is 2.46. The van der Waals surface area contributed by atoms with Crippen LogP contribution >= 0.6 is 15.9 Å². The van der Waals surface area contributed by atoms with E-state index in [1.807, 2.05) is 6.07 Å². The Hall–Kier alpha value is -1.03. The molecule has 0 saturated heterocycles. The van der Waals surface area contributed by atoms with Crippen molar-refractivity contribution in [2.24, 2.45) is 0 Å². The van der Waals surface area contributed by atoms with Crippen LogP contribution in [0.5, 0.6) is 5.75 Å². The zero-order chi connectivity index (χ0) is 9.42. The van der Waals surface area contributed by atoms with Crippen LogP contribution < -0.4 is 4.74 Å². The van der Waals surface area contributed by atoms with Crippen molar-refractivity contribution >= 4 is 21.9 Å². The Morgan fingerprint density at radius 3 is 3.08 bits per heavy atom. The second kappa shape index (κ2) is 3.03. The predicted molar refractivity (Wildman–Crippen MR) is 50.0 cm³/mol. The fourth-order valence-corrected chi connectivity index (χ4v) is 1.77. The Morgan fingerprint density at radius 1 is 1.62 bits per heavy atom. The third kappa shape index (κ3) is 1.42.